The minimum absolute atomic E-state index is 0.337. The number of fused-ring (bicyclic) bond motifs is 2. The molecule has 2 amide bonds. The van der Waals surface area contributed by atoms with Crippen molar-refractivity contribution in [3.63, 3.8) is 0 Å². The van der Waals surface area contributed by atoms with Gasteiger partial charge < -0.3 is 5.32 Å². The van der Waals surface area contributed by atoms with Gasteiger partial charge in [0.05, 0.1) is 6.21 Å². The van der Waals surface area contributed by atoms with Gasteiger partial charge in [-0.05, 0) is 76.1 Å². The van der Waals surface area contributed by atoms with Crippen LogP contribution in [-0.4, -0.2) is 18.0 Å². The first kappa shape index (κ1) is 22.0. The number of rotatable bonds is 5. The molecule has 0 aromatic heterocycles. The summed E-state index contributed by atoms with van der Waals surface area (Å²) in [5.74, 6) is -1.15. The Hall–Kier alpha value is -4.84. The van der Waals surface area contributed by atoms with Gasteiger partial charge in [-0.3, -0.25) is 9.59 Å². The number of nitrogens with zero attached hydrogens (tertiary/aromatic N) is 1. The highest BCUT2D eigenvalue weighted by Gasteiger charge is 2.09. The Morgan fingerprint density at radius 3 is 1.86 bits per heavy atom. The van der Waals surface area contributed by atoms with E-state index in [1.54, 1.807) is 30.5 Å². The highest BCUT2D eigenvalue weighted by atomic mass is 19.1. The van der Waals surface area contributed by atoms with Crippen LogP contribution in [0.1, 0.15) is 26.3 Å². The molecule has 0 saturated carbocycles. The van der Waals surface area contributed by atoms with E-state index in [1.807, 2.05) is 48.5 Å². The van der Waals surface area contributed by atoms with Crippen LogP contribution in [0.25, 0.3) is 21.5 Å². The first-order valence-corrected chi connectivity index (χ1v) is 11.0. The van der Waals surface area contributed by atoms with E-state index >= 15 is 0 Å². The first-order valence-electron chi connectivity index (χ1n) is 11.0. The molecule has 0 aliphatic rings. The van der Waals surface area contributed by atoms with Crippen molar-refractivity contribution < 1.29 is 14.0 Å². The molecule has 2 N–H and O–H groups in total. The van der Waals surface area contributed by atoms with Crippen LogP contribution in [-0.2, 0) is 0 Å². The number of benzene rings is 5. The van der Waals surface area contributed by atoms with E-state index in [-0.39, 0.29) is 11.8 Å². The van der Waals surface area contributed by atoms with E-state index < -0.39 is 5.82 Å². The lowest BCUT2D eigenvalue weighted by Crippen LogP contribution is -2.18. The molecule has 5 nitrogen and oxygen atoms in total. The number of anilines is 1. The summed E-state index contributed by atoms with van der Waals surface area (Å²) in [5, 5.41) is 11.2. The number of hydrogen-bond donors (Lipinski definition) is 2. The minimum Gasteiger partial charge on any atom is -0.322 e. The lowest BCUT2D eigenvalue weighted by atomic mass is 9.97. The molecule has 0 aliphatic carbocycles. The smallest absolute Gasteiger partial charge is 0.271 e. The number of amides is 2. The average molecular weight is 461 g/mol. The molecule has 5 rings (SSSR count). The zero-order valence-corrected chi connectivity index (χ0v) is 18.5. The van der Waals surface area contributed by atoms with Crippen LogP contribution >= 0.6 is 0 Å². The van der Waals surface area contributed by atoms with Crippen molar-refractivity contribution in [2.45, 2.75) is 0 Å². The van der Waals surface area contributed by atoms with E-state index in [4.69, 9.17) is 0 Å². The third kappa shape index (κ3) is 4.77. The van der Waals surface area contributed by atoms with Crippen molar-refractivity contribution in [3.05, 3.63) is 126 Å². The lowest BCUT2D eigenvalue weighted by molar-refractivity contribution is 0.0954. The summed E-state index contributed by atoms with van der Waals surface area (Å²) >= 11 is 0. The Morgan fingerprint density at radius 1 is 0.686 bits per heavy atom. The van der Waals surface area contributed by atoms with Gasteiger partial charge in [0.2, 0.25) is 0 Å². The monoisotopic (exact) mass is 461 g/mol. The van der Waals surface area contributed by atoms with Crippen LogP contribution in [0.5, 0.6) is 0 Å². The average Bonchev–Trinajstić information content (AvgIpc) is 2.89. The standard InChI is InChI=1S/C29H20FN3O2/c30-23-13-9-19(10-14-23)28(34)32-24-15-11-20(12-16-24)29(35)33-31-18-27-25-7-3-1-5-21(25)17-22-6-2-4-8-26(22)27/h1-18H,(H,32,34)(H,33,35). The predicted octanol–water partition coefficient (Wildman–Crippen LogP) is 6.15. The summed E-state index contributed by atoms with van der Waals surface area (Å²) in [6, 6.07) is 29.9. The van der Waals surface area contributed by atoms with Crippen molar-refractivity contribution in [1.82, 2.24) is 5.43 Å². The van der Waals surface area contributed by atoms with Gasteiger partial charge in [-0.1, -0.05) is 48.5 Å². The number of carbonyl (C=O) groups excluding carboxylic acids is 2. The molecule has 0 radical (unpaired) electrons. The number of nitrogens with one attached hydrogen (secondary N) is 2. The predicted molar refractivity (Wildman–Crippen MR) is 137 cm³/mol. The molecular formula is C29H20FN3O2. The highest BCUT2D eigenvalue weighted by Crippen LogP contribution is 2.27. The molecule has 5 aromatic rings. The number of halogens is 1. The van der Waals surface area contributed by atoms with Gasteiger partial charge in [0.15, 0.2) is 0 Å². The first-order chi connectivity index (χ1) is 17.1. The van der Waals surface area contributed by atoms with E-state index in [9.17, 15) is 14.0 Å². The van der Waals surface area contributed by atoms with Gasteiger partial charge in [0, 0.05) is 22.4 Å². The quantitative estimate of drug-likeness (QED) is 0.187. The molecule has 0 fully saturated rings. The Balaban J connectivity index is 1.30. The van der Waals surface area contributed by atoms with Crippen molar-refractivity contribution in [2.24, 2.45) is 5.10 Å². The van der Waals surface area contributed by atoms with Crippen LogP contribution < -0.4 is 10.7 Å². The molecule has 0 bridgehead atoms. The molecule has 0 atom stereocenters. The number of carbonyl (C=O) groups is 2. The zero-order chi connectivity index (χ0) is 24.2. The molecule has 170 valence electrons. The second kappa shape index (κ2) is 9.57. The van der Waals surface area contributed by atoms with Crippen LogP contribution in [0.2, 0.25) is 0 Å². The van der Waals surface area contributed by atoms with Crippen molar-refractivity contribution in [2.75, 3.05) is 5.32 Å². The normalized spacial score (nSPS) is 11.1. The fraction of sp³-hybridized carbons (Fsp3) is 0. The Kier molecular flexibility index (Phi) is 6.01. The van der Waals surface area contributed by atoms with Crippen molar-refractivity contribution >= 4 is 45.3 Å². The fourth-order valence-corrected chi connectivity index (χ4v) is 3.92. The fourth-order valence-electron chi connectivity index (χ4n) is 3.92. The van der Waals surface area contributed by atoms with Crippen LogP contribution in [0, 0.1) is 5.82 Å². The Bertz CT molecular complexity index is 1520. The van der Waals surface area contributed by atoms with Crippen molar-refractivity contribution in [1.29, 1.82) is 0 Å². The number of hydrazone groups is 1. The summed E-state index contributed by atoms with van der Waals surface area (Å²) in [4.78, 5) is 24.9. The third-order valence-electron chi connectivity index (χ3n) is 5.68. The maximum Gasteiger partial charge on any atom is 0.271 e. The number of hydrogen-bond acceptors (Lipinski definition) is 3. The van der Waals surface area contributed by atoms with Gasteiger partial charge in [-0.2, -0.15) is 5.10 Å². The van der Waals surface area contributed by atoms with E-state index in [1.165, 1.54) is 24.3 Å². The lowest BCUT2D eigenvalue weighted by Gasteiger charge is -2.08. The maximum atomic E-state index is 13.0. The molecule has 0 saturated heterocycles. The maximum absolute atomic E-state index is 13.0. The zero-order valence-electron chi connectivity index (χ0n) is 18.5. The van der Waals surface area contributed by atoms with Crippen molar-refractivity contribution in [3.8, 4) is 0 Å². The van der Waals surface area contributed by atoms with Crippen LogP contribution in [0.15, 0.2) is 108 Å². The van der Waals surface area contributed by atoms with Gasteiger partial charge >= 0.3 is 0 Å². The molecule has 6 heteroatoms. The summed E-state index contributed by atoms with van der Waals surface area (Å²) in [6.07, 6.45) is 1.67. The SMILES string of the molecule is O=C(NN=Cc1c2ccccc2cc2ccccc12)c1ccc(NC(=O)c2ccc(F)cc2)cc1. The van der Waals surface area contributed by atoms with Gasteiger partial charge in [-0.15, -0.1) is 0 Å². The second-order valence-corrected chi connectivity index (χ2v) is 7.97. The molecule has 0 aliphatic heterocycles. The molecule has 0 unspecified atom stereocenters. The molecule has 35 heavy (non-hydrogen) atoms. The summed E-state index contributed by atoms with van der Waals surface area (Å²) < 4.78 is 13.0. The van der Waals surface area contributed by atoms with Crippen LogP contribution in [0.4, 0.5) is 10.1 Å². The Labute approximate surface area is 200 Å². The third-order valence-corrected chi connectivity index (χ3v) is 5.68. The molecule has 5 aromatic carbocycles. The van der Waals surface area contributed by atoms with Gasteiger partial charge in [0.1, 0.15) is 5.82 Å². The van der Waals surface area contributed by atoms with E-state index in [2.05, 4.69) is 21.9 Å². The highest BCUT2D eigenvalue weighted by molar-refractivity contribution is 6.13. The molecular weight excluding hydrogens is 441 g/mol. The topological polar surface area (TPSA) is 70.6 Å². The molecule has 0 spiro atoms. The summed E-state index contributed by atoms with van der Waals surface area (Å²) in [7, 11) is 0. The molecule has 0 heterocycles. The van der Waals surface area contributed by atoms with Crippen LogP contribution in [0.3, 0.4) is 0 Å². The Morgan fingerprint density at radius 2 is 1.23 bits per heavy atom. The summed E-state index contributed by atoms with van der Waals surface area (Å²) in [6.45, 7) is 0. The summed E-state index contributed by atoms with van der Waals surface area (Å²) in [5.41, 5.74) is 4.75. The van der Waals surface area contributed by atoms with Gasteiger partial charge in [0.25, 0.3) is 11.8 Å². The van der Waals surface area contributed by atoms with Gasteiger partial charge in [-0.25, -0.2) is 9.82 Å². The van der Waals surface area contributed by atoms with E-state index in [0.29, 0.717) is 16.8 Å². The van der Waals surface area contributed by atoms with E-state index in [0.717, 1.165) is 27.1 Å². The second-order valence-electron chi connectivity index (χ2n) is 7.97. The largest absolute Gasteiger partial charge is 0.322 e. The minimum atomic E-state index is -0.409.